The lowest BCUT2D eigenvalue weighted by atomic mass is 9.94. The monoisotopic (exact) mass is 458 g/mol. The van der Waals surface area contributed by atoms with Gasteiger partial charge < -0.3 is 5.32 Å². The molecule has 2 aromatic rings. The number of anilines is 1. The number of carbonyl (C=O) groups excluding carboxylic acids is 1. The Morgan fingerprint density at radius 3 is 2.44 bits per heavy atom. The van der Waals surface area contributed by atoms with Gasteiger partial charge in [0, 0.05) is 11.6 Å². The Kier molecular flexibility index (Phi) is 7.39. The van der Waals surface area contributed by atoms with Gasteiger partial charge in [0.25, 0.3) is 5.91 Å². The fraction of sp³-hybridized carbons (Fsp3) is 0.400. The van der Waals surface area contributed by atoms with Crippen molar-refractivity contribution in [3.8, 4) is 11.1 Å². The molecule has 0 bridgehead atoms. The van der Waals surface area contributed by atoms with E-state index in [-0.39, 0.29) is 11.6 Å². The van der Waals surface area contributed by atoms with Crippen molar-refractivity contribution < 1.29 is 17.6 Å². The molecular formula is C25H31FN2O3S. The quantitative estimate of drug-likeness (QED) is 0.550. The van der Waals surface area contributed by atoms with E-state index in [4.69, 9.17) is 0 Å². The first-order valence-corrected chi connectivity index (χ1v) is 12.7. The van der Waals surface area contributed by atoms with Crippen molar-refractivity contribution in [1.82, 2.24) is 4.72 Å². The summed E-state index contributed by atoms with van der Waals surface area (Å²) in [5, 5.41) is 3.31. The molecule has 3 rings (SSSR count). The zero-order chi connectivity index (χ0) is 23.5. The van der Waals surface area contributed by atoms with Gasteiger partial charge in [-0.1, -0.05) is 31.0 Å². The fourth-order valence-corrected chi connectivity index (χ4v) is 4.58. The Bertz CT molecular complexity index is 1150. The van der Waals surface area contributed by atoms with E-state index in [1.165, 1.54) is 19.8 Å². The minimum absolute atomic E-state index is 0.162. The Morgan fingerprint density at radius 2 is 1.81 bits per heavy atom. The van der Waals surface area contributed by atoms with Crippen LogP contribution < -0.4 is 10.0 Å². The molecule has 5 nitrogen and oxygen atoms in total. The normalized spacial score (nSPS) is 15.1. The summed E-state index contributed by atoms with van der Waals surface area (Å²) in [7, 11) is -3.61. The van der Waals surface area contributed by atoms with Gasteiger partial charge >= 0.3 is 0 Å². The zero-order valence-corrected chi connectivity index (χ0v) is 19.9. The van der Waals surface area contributed by atoms with E-state index >= 15 is 0 Å². The first-order chi connectivity index (χ1) is 15.1. The third-order valence-electron chi connectivity index (χ3n) is 5.97. The first kappa shape index (κ1) is 24.0. The predicted octanol–water partition coefficient (Wildman–Crippen LogP) is 5.33. The van der Waals surface area contributed by atoms with Crippen LogP contribution in [0, 0.1) is 19.7 Å². The first-order valence-electron chi connectivity index (χ1n) is 11.0. The predicted molar refractivity (Wildman–Crippen MR) is 128 cm³/mol. The molecule has 1 aliphatic rings. The second-order valence-corrected chi connectivity index (χ2v) is 10.5. The van der Waals surface area contributed by atoms with Crippen molar-refractivity contribution >= 4 is 27.7 Å². The van der Waals surface area contributed by atoms with Gasteiger partial charge in [0.2, 0.25) is 10.0 Å². The standard InChI is InChI=1S/C25H31FN2O3S/c1-5-32(30,31)28-25(29)18(4)13-20-12-17(3)22(14-16(20)2)19-10-11-24(23(26)15-19)27-21-8-6-7-9-21/h10-15,21,27H,5-9H2,1-4H3,(H,28,29)/b18-13+. The SMILES string of the molecule is CCS(=O)(=O)NC(=O)/C(C)=C/c1cc(C)c(-c2ccc(NC3CCCC3)c(F)c2)cc1C. The van der Waals surface area contributed by atoms with Crippen LogP contribution in [0.25, 0.3) is 17.2 Å². The van der Waals surface area contributed by atoms with Gasteiger partial charge in [0.05, 0.1) is 11.4 Å². The highest BCUT2D eigenvalue weighted by molar-refractivity contribution is 7.90. The highest BCUT2D eigenvalue weighted by Crippen LogP contribution is 2.31. The molecule has 1 fully saturated rings. The van der Waals surface area contributed by atoms with Crippen LogP contribution in [-0.2, 0) is 14.8 Å². The summed E-state index contributed by atoms with van der Waals surface area (Å²) < 4.78 is 40.1. The summed E-state index contributed by atoms with van der Waals surface area (Å²) >= 11 is 0. The van der Waals surface area contributed by atoms with Crippen LogP contribution in [0.4, 0.5) is 10.1 Å². The fourth-order valence-electron chi connectivity index (χ4n) is 3.99. The Labute approximate surface area is 190 Å². The van der Waals surface area contributed by atoms with E-state index in [1.54, 1.807) is 25.1 Å². The molecule has 0 saturated heterocycles. The number of rotatable bonds is 7. The Balaban J connectivity index is 1.84. The highest BCUT2D eigenvalue weighted by atomic mass is 32.2. The molecule has 0 atom stereocenters. The van der Waals surface area contributed by atoms with Crippen molar-refractivity contribution in [1.29, 1.82) is 0 Å². The van der Waals surface area contributed by atoms with Gasteiger partial charge in [0.15, 0.2) is 0 Å². The van der Waals surface area contributed by atoms with Crippen LogP contribution in [0.3, 0.4) is 0 Å². The molecular weight excluding hydrogens is 427 g/mol. The Morgan fingerprint density at radius 1 is 1.12 bits per heavy atom. The number of carbonyl (C=O) groups is 1. The van der Waals surface area contributed by atoms with Gasteiger partial charge in [-0.25, -0.2) is 17.5 Å². The van der Waals surface area contributed by atoms with E-state index in [0.717, 1.165) is 40.7 Å². The second kappa shape index (κ2) is 9.86. The minimum Gasteiger partial charge on any atom is -0.380 e. The number of aryl methyl sites for hydroxylation is 2. The molecule has 1 aliphatic carbocycles. The molecule has 2 N–H and O–H groups in total. The van der Waals surface area contributed by atoms with Gasteiger partial charge in [-0.2, -0.15) is 0 Å². The number of sulfonamides is 1. The second-order valence-electron chi connectivity index (χ2n) is 8.51. The molecule has 0 spiro atoms. The largest absolute Gasteiger partial charge is 0.380 e. The van der Waals surface area contributed by atoms with E-state index in [9.17, 15) is 17.6 Å². The summed E-state index contributed by atoms with van der Waals surface area (Å²) in [6.45, 7) is 6.90. The average molecular weight is 459 g/mol. The molecule has 1 saturated carbocycles. The lowest BCUT2D eigenvalue weighted by Crippen LogP contribution is -2.32. The summed E-state index contributed by atoms with van der Waals surface area (Å²) in [6.07, 6.45) is 6.20. The van der Waals surface area contributed by atoms with Crippen molar-refractivity contribution in [3.63, 3.8) is 0 Å². The van der Waals surface area contributed by atoms with E-state index in [2.05, 4.69) is 10.0 Å². The number of hydrogen-bond acceptors (Lipinski definition) is 4. The maximum atomic E-state index is 14.8. The lowest BCUT2D eigenvalue weighted by Gasteiger charge is -2.16. The molecule has 7 heteroatoms. The highest BCUT2D eigenvalue weighted by Gasteiger charge is 2.17. The average Bonchev–Trinajstić information content (AvgIpc) is 3.25. The molecule has 0 unspecified atom stereocenters. The Hall–Kier alpha value is -2.67. The van der Waals surface area contributed by atoms with Crippen molar-refractivity contribution in [2.45, 2.75) is 59.4 Å². The number of hydrogen-bond donors (Lipinski definition) is 2. The summed E-state index contributed by atoms with van der Waals surface area (Å²) in [5.41, 5.74) is 5.20. The molecule has 2 aromatic carbocycles. The molecule has 0 heterocycles. The van der Waals surface area contributed by atoms with Gasteiger partial charge in [-0.3, -0.25) is 4.79 Å². The molecule has 0 radical (unpaired) electrons. The lowest BCUT2D eigenvalue weighted by molar-refractivity contribution is -0.115. The van der Waals surface area contributed by atoms with Crippen LogP contribution in [0.2, 0.25) is 0 Å². The van der Waals surface area contributed by atoms with Crippen LogP contribution in [-0.4, -0.2) is 26.1 Å². The summed E-state index contributed by atoms with van der Waals surface area (Å²) in [4.78, 5) is 12.2. The topological polar surface area (TPSA) is 75.3 Å². The van der Waals surface area contributed by atoms with Crippen LogP contribution in [0.5, 0.6) is 0 Å². The van der Waals surface area contributed by atoms with Crippen molar-refractivity contribution in [2.24, 2.45) is 0 Å². The summed E-state index contributed by atoms with van der Waals surface area (Å²) in [6, 6.07) is 9.52. The van der Waals surface area contributed by atoms with Gasteiger partial charge in [0.1, 0.15) is 5.82 Å². The number of benzene rings is 2. The smallest absolute Gasteiger partial charge is 0.260 e. The zero-order valence-electron chi connectivity index (χ0n) is 19.1. The molecule has 172 valence electrons. The van der Waals surface area contributed by atoms with Crippen molar-refractivity contribution in [2.75, 3.05) is 11.1 Å². The molecule has 0 aliphatic heterocycles. The van der Waals surface area contributed by atoms with E-state index in [1.807, 2.05) is 32.0 Å². The van der Waals surface area contributed by atoms with Crippen LogP contribution >= 0.6 is 0 Å². The molecule has 0 aromatic heterocycles. The van der Waals surface area contributed by atoms with E-state index < -0.39 is 15.9 Å². The van der Waals surface area contributed by atoms with Crippen LogP contribution in [0.15, 0.2) is 35.9 Å². The van der Waals surface area contributed by atoms with Gasteiger partial charge in [-0.05, 0) is 86.6 Å². The number of amides is 1. The van der Waals surface area contributed by atoms with Gasteiger partial charge in [-0.15, -0.1) is 0 Å². The maximum absolute atomic E-state index is 14.8. The summed E-state index contributed by atoms with van der Waals surface area (Å²) in [5.74, 6) is -1.06. The van der Waals surface area contributed by atoms with Crippen molar-refractivity contribution in [3.05, 3.63) is 58.4 Å². The van der Waals surface area contributed by atoms with Crippen LogP contribution in [0.1, 0.15) is 56.2 Å². The third-order valence-corrected chi connectivity index (χ3v) is 7.22. The maximum Gasteiger partial charge on any atom is 0.260 e. The number of nitrogens with one attached hydrogen (secondary N) is 2. The number of halogens is 1. The minimum atomic E-state index is -3.61. The molecule has 32 heavy (non-hydrogen) atoms. The van der Waals surface area contributed by atoms with E-state index in [0.29, 0.717) is 17.3 Å². The molecule has 1 amide bonds. The third kappa shape index (κ3) is 5.76.